The molecule has 0 aromatic rings. The van der Waals surface area contributed by atoms with Crippen LogP contribution in [0.25, 0.3) is 0 Å². The average Bonchev–Trinajstić information content (AvgIpc) is 2.06. The van der Waals surface area contributed by atoms with Gasteiger partial charge in [-0.2, -0.15) is 5.06 Å². The zero-order valence-corrected chi connectivity index (χ0v) is 11.4. The number of hydrogen-bond donors (Lipinski definition) is 2. The van der Waals surface area contributed by atoms with Crippen molar-refractivity contribution in [3.8, 4) is 0 Å². The molecular weight excluding hydrogens is 219 g/mol. The Morgan fingerprint density at radius 1 is 1.43 bits per heavy atom. The van der Waals surface area contributed by atoms with Crippen LogP contribution in [0.1, 0.15) is 6.92 Å². The SMILES string of the molecule is CCS(=O)(=O)[O-].ON1CCNCC1.[Na+]. The maximum absolute atomic E-state index is 9.44. The maximum atomic E-state index is 9.44. The summed E-state index contributed by atoms with van der Waals surface area (Å²) in [6.45, 7) is 4.66. The molecule has 1 saturated heterocycles. The van der Waals surface area contributed by atoms with Crippen molar-refractivity contribution in [3.05, 3.63) is 0 Å². The number of hydroxylamine groups is 2. The van der Waals surface area contributed by atoms with Crippen molar-refractivity contribution in [1.29, 1.82) is 0 Å². The minimum absolute atomic E-state index is 0. The average molecular weight is 234 g/mol. The molecule has 0 aromatic carbocycles. The second-order valence-electron chi connectivity index (χ2n) is 2.55. The zero-order chi connectivity index (χ0) is 10.3. The first-order valence-electron chi connectivity index (χ1n) is 4.04. The van der Waals surface area contributed by atoms with Gasteiger partial charge in [0, 0.05) is 31.9 Å². The van der Waals surface area contributed by atoms with E-state index in [1.807, 2.05) is 0 Å². The van der Waals surface area contributed by atoms with Gasteiger partial charge < -0.3 is 15.1 Å². The number of nitrogens with zero attached hydrogens (tertiary/aromatic N) is 1. The van der Waals surface area contributed by atoms with Gasteiger partial charge in [0.05, 0.1) is 10.1 Å². The molecule has 0 aliphatic carbocycles. The van der Waals surface area contributed by atoms with E-state index in [1.165, 1.54) is 12.0 Å². The molecule has 0 amide bonds. The predicted octanol–water partition coefficient (Wildman–Crippen LogP) is -4.16. The van der Waals surface area contributed by atoms with Crippen LogP contribution in [0.4, 0.5) is 0 Å². The molecule has 0 spiro atoms. The van der Waals surface area contributed by atoms with E-state index >= 15 is 0 Å². The van der Waals surface area contributed by atoms with Gasteiger partial charge in [-0.15, -0.1) is 0 Å². The van der Waals surface area contributed by atoms with Crippen LogP contribution in [-0.2, 0) is 10.1 Å². The summed E-state index contributed by atoms with van der Waals surface area (Å²) < 4.78 is 28.3. The number of piperazine rings is 1. The number of rotatable bonds is 1. The van der Waals surface area contributed by atoms with Crippen molar-refractivity contribution in [2.24, 2.45) is 0 Å². The molecule has 14 heavy (non-hydrogen) atoms. The van der Waals surface area contributed by atoms with E-state index in [1.54, 1.807) is 0 Å². The molecule has 0 atom stereocenters. The second-order valence-corrected chi connectivity index (χ2v) is 4.24. The normalized spacial score (nSPS) is 17.6. The molecule has 1 aliphatic rings. The molecular formula is C6H15N2NaO4S. The summed E-state index contributed by atoms with van der Waals surface area (Å²) >= 11 is 0. The molecule has 1 rings (SSSR count). The number of hydrogen-bond acceptors (Lipinski definition) is 6. The van der Waals surface area contributed by atoms with Crippen LogP contribution in [0.5, 0.6) is 0 Å². The number of nitrogens with one attached hydrogen (secondary N) is 1. The summed E-state index contributed by atoms with van der Waals surface area (Å²) in [6, 6.07) is 0. The van der Waals surface area contributed by atoms with Crippen molar-refractivity contribution in [2.75, 3.05) is 31.9 Å². The van der Waals surface area contributed by atoms with E-state index in [-0.39, 0.29) is 35.3 Å². The Bertz CT molecular complexity index is 216. The minimum Gasteiger partial charge on any atom is -0.748 e. The predicted molar refractivity (Wildman–Crippen MR) is 46.5 cm³/mol. The smallest absolute Gasteiger partial charge is 0.748 e. The zero-order valence-electron chi connectivity index (χ0n) is 8.56. The summed E-state index contributed by atoms with van der Waals surface area (Å²) in [6.07, 6.45) is 0. The van der Waals surface area contributed by atoms with Crippen LogP contribution in [-0.4, -0.2) is 55.2 Å². The quantitative estimate of drug-likeness (QED) is 0.353. The Hall–Kier alpha value is 0.790. The summed E-state index contributed by atoms with van der Waals surface area (Å²) in [7, 11) is -3.91. The van der Waals surface area contributed by atoms with Gasteiger partial charge in [-0.1, -0.05) is 6.92 Å². The van der Waals surface area contributed by atoms with Gasteiger partial charge in [-0.05, 0) is 0 Å². The third-order valence-electron chi connectivity index (χ3n) is 1.45. The third-order valence-corrected chi connectivity index (χ3v) is 2.15. The minimum atomic E-state index is -3.91. The summed E-state index contributed by atoms with van der Waals surface area (Å²) in [5.74, 6) is -0.312. The molecule has 0 unspecified atom stereocenters. The van der Waals surface area contributed by atoms with Gasteiger partial charge >= 0.3 is 29.6 Å². The molecule has 0 saturated carbocycles. The van der Waals surface area contributed by atoms with Crippen molar-refractivity contribution in [1.82, 2.24) is 10.4 Å². The van der Waals surface area contributed by atoms with Gasteiger partial charge in [-0.25, -0.2) is 8.42 Å². The van der Waals surface area contributed by atoms with Gasteiger partial charge in [0.2, 0.25) is 0 Å². The fourth-order valence-electron chi connectivity index (χ4n) is 0.653. The van der Waals surface area contributed by atoms with Crippen LogP contribution in [0, 0.1) is 0 Å². The summed E-state index contributed by atoms with van der Waals surface area (Å²) in [5.41, 5.74) is 0. The van der Waals surface area contributed by atoms with Crippen molar-refractivity contribution >= 4 is 10.1 Å². The van der Waals surface area contributed by atoms with E-state index < -0.39 is 10.1 Å². The van der Waals surface area contributed by atoms with Crippen LogP contribution in [0.3, 0.4) is 0 Å². The fourth-order valence-corrected chi connectivity index (χ4v) is 0.653. The molecule has 8 heteroatoms. The van der Waals surface area contributed by atoms with Crippen LogP contribution < -0.4 is 34.9 Å². The summed E-state index contributed by atoms with van der Waals surface area (Å²) in [5, 5.41) is 13.1. The topological polar surface area (TPSA) is 92.7 Å². The van der Waals surface area contributed by atoms with E-state index in [9.17, 15) is 13.0 Å². The fraction of sp³-hybridized carbons (Fsp3) is 1.00. The Morgan fingerprint density at radius 3 is 1.93 bits per heavy atom. The molecule has 80 valence electrons. The van der Waals surface area contributed by atoms with E-state index in [4.69, 9.17) is 5.21 Å². The van der Waals surface area contributed by atoms with Crippen LogP contribution >= 0.6 is 0 Å². The first kappa shape index (κ1) is 17.2. The Balaban J connectivity index is 0. The largest absolute Gasteiger partial charge is 1.00 e. The van der Waals surface area contributed by atoms with Gasteiger partial charge in [0.1, 0.15) is 0 Å². The molecule has 1 aliphatic heterocycles. The Kier molecular flexibility index (Phi) is 11.1. The van der Waals surface area contributed by atoms with E-state index in [2.05, 4.69) is 5.32 Å². The molecule has 0 radical (unpaired) electrons. The van der Waals surface area contributed by atoms with Crippen LogP contribution in [0.15, 0.2) is 0 Å². The van der Waals surface area contributed by atoms with Crippen molar-refractivity contribution in [2.45, 2.75) is 6.92 Å². The molecule has 1 fully saturated rings. The molecule has 0 bridgehead atoms. The van der Waals surface area contributed by atoms with Gasteiger partial charge in [-0.3, -0.25) is 0 Å². The molecule has 6 nitrogen and oxygen atoms in total. The van der Waals surface area contributed by atoms with Crippen molar-refractivity contribution in [3.63, 3.8) is 0 Å². The van der Waals surface area contributed by atoms with E-state index in [0.29, 0.717) is 0 Å². The first-order valence-corrected chi connectivity index (χ1v) is 5.61. The molecule has 2 N–H and O–H groups in total. The summed E-state index contributed by atoms with van der Waals surface area (Å²) in [4.78, 5) is 0. The van der Waals surface area contributed by atoms with Crippen LogP contribution in [0.2, 0.25) is 0 Å². The molecule has 1 heterocycles. The maximum Gasteiger partial charge on any atom is 1.00 e. The standard InChI is InChI=1S/C4H10N2O.C2H6O3S.Na/c7-6-3-1-5-2-4-6;1-2-6(3,4)5;/h5,7H,1-4H2;2H2,1H3,(H,3,4,5);/q;;+1/p-1. The van der Waals surface area contributed by atoms with Crippen molar-refractivity contribution < 1.29 is 47.7 Å². The monoisotopic (exact) mass is 234 g/mol. The Morgan fingerprint density at radius 2 is 1.79 bits per heavy atom. The van der Waals surface area contributed by atoms with Gasteiger partial charge in [0.15, 0.2) is 0 Å². The third kappa shape index (κ3) is 12.8. The van der Waals surface area contributed by atoms with E-state index in [0.717, 1.165) is 26.2 Å². The molecule has 0 aromatic heterocycles. The van der Waals surface area contributed by atoms with Gasteiger partial charge in [0.25, 0.3) is 0 Å². The Labute approximate surface area is 107 Å². The first-order chi connectivity index (χ1) is 5.95. The second kappa shape index (κ2) is 9.05.